The summed E-state index contributed by atoms with van der Waals surface area (Å²) in [6.07, 6.45) is 7.89. The quantitative estimate of drug-likeness (QED) is 0.0850. The molecule has 0 radical (unpaired) electrons. The van der Waals surface area contributed by atoms with E-state index in [1.807, 2.05) is 12.1 Å². The van der Waals surface area contributed by atoms with Gasteiger partial charge in [0.2, 0.25) is 0 Å². The summed E-state index contributed by atoms with van der Waals surface area (Å²) in [5, 5.41) is 22.0. The molecule has 202 valence electrons. The third-order valence-corrected chi connectivity index (χ3v) is 8.35. The largest absolute Gasteiger partial charge is 0.506 e. The molecular weight excluding hydrogens is 480 g/mol. The summed E-state index contributed by atoms with van der Waals surface area (Å²) in [7, 11) is 0. The van der Waals surface area contributed by atoms with Gasteiger partial charge in [0.25, 0.3) is 0 Å². The van der Waals surface area contributed by atoms with E-state index in [9.17, 15) is 10.2 Å². The Kier molecular flexibility index (Phi) is 7.56. The zero-order chi connectivity index (χ0) is 27.6. The highest BCUT2D eigenvalue weighted by Gasteiger charge is 2.46. The minimum Gasteiger partial charge on any atom is -0.506 e. The van der Waals surface area contributed by atoms with Crippen LogP contribution in [0.1, 0.15) is 85.8 Å². The maximum Gasteiger partial charge on any atom is 0.141 e. The number of aromatic hydroxyl groups is 2. The van der Waals surface area contributed by atoms with Crippen LogP contribution in [0.4, 0.5) is 11.4 Å². The van der Waals surface area contributed by atoms with Crippen LogP contribution in [0.25, 0.3) is 11.1 Å². The van der Waals surface area contributed by atoms with Crippen LogP contribution in [0, 0.1) is 0 Å². The van der Waals surface area contributed by atoms with E-state index in [4.69, 9.17) is 11.5 Å². The van der Waals surface area contributed by atoms with Crippen molar-refractivity contribution in [2.45, 2.75) is 70.6 Å². The molecule has 0 saturated heterocycles. The Morgan fingerprint density at radius 1 is 0.590 bits per heavy atom. The summed E-state index contributed by atoms with van der Waals surface area (Å²) in [5.74, 6) is 0.352. The van der Waals surface area contributed by atoms with E-state index < -0.39 is 5.41 Å². The van der Waals surface area contributed by atoms with Gasteiger partial charge in [-0.1, -0.05) is 100 Å². The molecule has 5 rings (SSSR count). The van der Waals surface area contributed by atoms with Gasteiger partial charge >= 0.3 is 0 Å². The maximum absolute atomic E-state index is 11.0. The number of phenolic OH excluding ortho intramolecular Hbond substituents is 2. The molecule has 0 unspecified atom stereocenters. The zero-order valence-corrected chi connectivity index (χ0v) is 23.1. The van der Waals surface area contributed by atoms with Gasteiger partial charge in [0.15, 0.2) is 0 Å². The molecule has 4 aromatic carbocycles. The van der Waals surface area contributed by atoms with Crippen LogP contribution in [0.15, 0.2) is 72.8 Å². The van der Waals surface area contributed by atoms with Crippen LogP contribution >= 0.6 is 0 Å². The molecule has 4 aromatic rings. The Bertz CT molecular complexity index is 1380. The molecule has 6 N–H and O–H groups in total. The minimum atomic E-state index is -0.699. The van der Waals surface area contributed by atoms with Crippen molar-refractivity contribution in [3.8, 4) is 22.6 Å². The fourth-order valence-corrected chi connectivity index (χ4v) is 6.41. The first-order valence-electron chi connectivity index (χ1n) is 14.4. The number of fused-ring (bicyclic) bond motifs is 3. The van der Waals surface area contributed by atoms with Crippen LogP contribution in [-0.2, 0) is 18.3 Å². The number of hydrogen-bond acceptors (Lipinski definition) is 4. The average Bonchev–Trinajstić information content (AvgIpc) is 3.25. The van der Waals surface area contributed by atoms with E-state index >= 15 is 0 Å². The number of anilines is 2. The Labute approximate surface area is 232 Å². The molecule has 0 saturated carbocycles. The van der Waals surface area contributed by atoms with Crippen molar-refractivity contribution in [1.29, 1.82) is 0 Å². The molecule has 4 heteroatoms. The number of rotatable bonds is 10. The van der Waals surface area contributed by atoms with Gasteiger partial charge in [-0.15, -0.1) is 0 Å². The van der Waals surface area contributed by atoms with Crippen molar-refractivity contribution in [2.24, 2.45) is 0 Å². The van der Waals surface area contributed by atoms with Crippen LogP contribution in [-0.4, -0.2) is 10.2 Å². The molecule has 0 spiro atoms. The third kappa shape index (κ3) is 4.52. The highest BCUT2D eigenvalue weighted by atomic mass is 16.3. The van der Waals surface area contributed by atoms with Crippen molar-refractivity contribution >= 4 is 11.4 Å². The number of nitrogen functional groups attached to an aromatic ring is 2. The predicted molar refractivity (Wildman–Crippen MR) is 162 cm³/mol. The second-order valence-electron chi connectivity index (χ2n) is 10.9. The Balaban J connectivity index is 1.83. The van der Waals surface area contributed by atoms with Gasteiger partial charge < -0.3 is 21.7 Å². The van der Waals surface area contributed by atoms with E-state index in [1.54, 1.807) is 0 Å². The van der Waals surface area contributed by atoms with E-state index in [-0.39, 0.29) is 11.5 Å². The van der Waals surface area contributed by atoms with Crippen LogP contribution in [0.3, 0.4) is 0 Å². The van der Waals surface area contributed by atoms with Gasteiger partial charge in [-0.05, 0) is 82.3 Å². The Hall–Kier alpha value is -3.92. The van der Waals surface area contributed by atoms with Gasteiger partial charge in [-0.2, -0.15) is 0 Å². The SMILES string of the molecule is CCCCCc1cc(C2(c3cc(N)c(O)c(CCCCC)c3)c3ccccc3-c3ccccc32)cc(N)c1O. The van der Waals surface area contributed by atoms with Crippen molar-refractivity contribution in [2.75, 3.05) is 11.5 Å². The molecule has 4 nitrogen and oxygen atoms in total. The van der Waals surface area contributed by atoms with E-state index in [2.05, 4.69) is 74.5 Å². The fourth-order valence-electron chi connectivity index (χ4n) is 6.41. The number of nitrogens with two attached hydrogens (primary N) is 2. The third-order valence-electron chi connectivity index (χ3n) is 8.35. The Morgan fingerprint density at radius 3 is 1.41 bits per heavy atom. The lowest BCUT2D eigenvalue weighted by Gasteiger charge is -2.35. The van der Waals surface area contributed by atoms with E-state index in [1.165, 1.54) is 11.1 Å². The summed E-state index contributed by atoms with van der Waals surface area (Å²) in [4.78, 5) is 0. The molecule has 0 heterocycles. The predicted octanol–water partition coefficient (Wildman–Crippen LogP) is 8.09. The standard InChI is InChI=1S/C35H40N2O2/c1-3-5-7-13-23-19-25(21-31(36)33(23)38)35(26-20-24(14-8-6-4-2)34(39)32(37)22-26)29-17-11-9-15-27(29)28-16-10-12-18-30(28)35/h9-12,15-22,38-39H,3-8,13-14,36-37H2,1-2H3. The van der Waals surface area contributed by atoms with Gasteiger partial charge in [0.05, 0.1) is 16.8 Å². The monoisotopic (exact) mass is 520 g/mol. The maximum atomic E-state index is 11.0. The number of benzene rings is 4. The lowest BCUT2D eigenvalue weighted by molar-refractivity contribution is 0.468. The first-order valence-corrected chi connectivity index (χ1v) is 14.4. The molecule has 1 aliphatic carbocycles. The van der Waals surface area contributed by atoms with Gasteiger partial charge in [-0.3, -0.25) is 0 Å². The smallest absolute Gasteiger partial charge is 0.141 e. The number of unbranched alkanes of at least 4 members (excludes halogenated alkanes) is 4. The van der Waals surface area contributed by atoms with E-state index in [0.717, 1.165) is 84.7 Å². The summed E-state index contributed by atoms with van der Waals surface area (Å²) >= 11 is 0. The zero-order valence-electron chi connectivity index (χ0n) is 23.1. The first-order chi connectivity index (χ1) is 18.9. The molecule has 0 aromatic heterocycles. The normalized spacial score (nSPS) is 13.3. The highest BCUT2D eigenvalue weighted by Crippen LogP contribution is 2.57. The van der Waals surface area contributed by atoms with Crippen LogP contribution < -0.4 is 11.5 Å². The lowest BCUT2D eigenvalue weighted by atomic mass is 9.66. The molecule has 1 aliphatic rings. The Morgan fingerprint density at radius 2 is 1.00 bits per heavy atom. The highest BCUT2D eigenvalue weighted by molar-refractivity contribution is 5.87. The molecule has 0 fully saturated rings. The minimum absolute atomic E-state index is 0.176. The van der Waals surface area contributed by atoms with Gasteiger partial charge in [-0.25, -0.2) is 0 Å². The number of hydrogen-bond donors (Lipinski definition) is 4. The number of phenols is 2. The fraction of sp³-hybridized carbons (Fsp3) is 0.314. The van der Waals surface area contributed by atoms with Crippen LogP contribution in [0.2, 0.25) is 0 Å². The van der Waals surface area contributed by atoms with Crippen molar-refractivity contribution < 1.29 is 10.2 Å². The molecule has 0 amide bonds. The second kappa shape index (κ2) is 11.1. The van der Waals surface area contributed by atoms with Crippen molar-refractivity contribution in [3.05, 3.63) is 106 Å². The van der Waals surface area contributed by atoms with Gasteiger partial charge in [0, 0.05) is 0 Å². The van der Waals surface area contributed by atoms with Gasteiger partial charge in [0.1, 0.15) is 11.5 Å². The number of aryl methyl sites for hydroxylation is 2. The lowest BCUT2D eigenvalue weighted by Crippen LogP contribution is -2.29. The topological polar surface area (TPSA) is 92.5 Å². The van der Waals surface area contributed by atoms with E-state index in [0.29, 0.717) is 11.4 Å². The summed E-state index contributed by atoms with van der Waals surface area (Å²) < 4.78 is 0. The summed E-state index contributed by atoms with van der Waals surface area (Å²) in [6, 6.07) is 25.2. The molecule has 39 heavy (non-hydrogen) atoms. The molecule has 0 aliphatic heterocycles. The summed E-state index contributed by atoms with van der Waals surface area (Å²) in [6.45, 7) is 4.36. The summed E-state index contributed by atoms with van der Waals surface area (Å²) in [5.41, 5.74) is 21.5. The first kappa shape index (κ1) is 26.7. The molecule has 0 bridgehead atoms. The second-order valence-corrected chi connectivity index (χ2v) is 10.9. The molecular formula is C35H40N2O2. The van der Waals surface area contributed by atoms with Crippen molar-refractivity contribution in [1.82, 2.24) is 0 Å². The molecule has 0 atom stereocenters. The average molecular weight is 521 g/mol. The van der Waals surface area contributed by atoms with Crippen molar-refractivity contribution in [3.63, 3.8) is 0 Å². The van der Waals surface area contributed by atoms with Crippen LogP contribution in [0.5, 0.6) is 11.5 Å².